The van der Waals surface area contributed by atoms with Crippen molar-refractivity contribution in [3.63, 3.8) is 0 Å². The van der Waals surface area contributed by atoms with Gasteiger partial charge >= 0.3 is 0 Å². The molecule has 0 unspecified atom stereocenters. The number of rotatable bonds is 10. The van der Waals surface area contributed by atoms with Crippen molar-refractivity contribution in [2.75, 3.05) is 19.4 Å². The number of nitrogens with one attached hydrogen (secondary N) is 1. The van der Waals surface area contributed by atoms with Crippen LogP contribution >= 0.6 is 0 Å². The van der Waals surface area contributed by atoms with Gasteiger partial charge in [-0.15, -0.1) is 0 Å². The molecule has 33 heavy (non-hydrogen) atoms. The number of methoxy groups -OCH3 is 1. The first-order chi connectivity index (χ1) is 16.1. The van der Waals surface area contributed by atoms with E-state index in [-0.39, 0.29) is 11.5 Å². The highest BCUT2D eigenvalue weighted by Gasteiger charge is 2.08. The van der Waals surface area contributed by atoms with E-state index in [9.17, 15) is 4.79 Å². The molecule has 0 amide bonds. The Hall–Kier alpha value is -3.84. The SMILES string of the molecule is COc1cccc(CNCCn2c(N)nc(CCc3cccc(-c4ccco4)c3)cc2=O)c1. The molecule has 2 aromatic heterocycles. The predicted molar refractivity (Wildman–Crippen MR) is 129 cm³/mol. The largest absolute Gasteiger partial charge is 0.497 e. The van der Waals surface area contributed by atoms with Gasteiger partial charge in [0.25, 0.3) is 5.56 Å². The third-order valence-corrected chi connectivity index (χ3v) is 5.47. The van der Waals surface area contributed by atoms with Crippen LogP contribution < -0.4 is 21.3 Å². The van der Waals surface area contributed by atoms with Crippen LogP contribution in [0.15, 0.2) is 82.2 Å². The van der Waals surface area contributed by atoms with Gasteiger partial charge in [0.05, 0.1) is 19.1 Å². The Labute approximate surface area is 192 Å². The summed E-state index contributed by atoms with van der Waals surface area (Å²) in [5.74, 6) is 1.90. The first-order valence-corrected chi connectivity index (χ1v) is 10.9. The third-order valence-electron chi connectivity index (χ3n) is 5.47. The average Bonchev–Trinajstić information content (AvgIpc) is 3.37. The van der Waals surface area contributed by atoms with Crippen LogP contribution in [0.2, 0.25) is 0 Å². The van der Waals surface area contributed by atoms with Crippen molar-refractivity contribution in [1.82, 2.24) is 14.9 Å². The molecular weight excluding hydrogens is 416 g/mol. The molecule has 0 bridgehead atoms. The molecule has 0 spiro atoms. The molecule has 0 atom stereocenters. The minimum absolute atomic E-state index is 0.134. The Bertz CT molecular complexity index is 1250. The average molecular weight is 445 g/mol. The van der Waals surface area contributed by atoms with Gasteiger partial charge in [-0.25, -0.2) is 4.98 Å². The number of hydrogen-bond donors (Lipinski definition) is 2. The van der Waals surface area contributed by atoms with Crippen LogP contribution in [0.3, 0.4) is 0 Å². The van der Waals surface area contributed by atoms with Crippen LogP contribution in [-0.4, -0.2) is 23.2 Å². The smallest absolute Gasteiger partial charge is 0.255 e. The van der Waals surface area contributed by atoms with Crippen LogP contribution in [0, 0.1) is 0 Å². The fourth-order valence-corrected chi connectivity index (χ4v) is 3.73. The Balaban J connectivity index is 1.32. The molecule has 0 aliphatic carbocycles. The van der Waals surface area contributed by atoms with Gasteiger partial charge in [0, 0.05) is 31.3 Å². The number of ether oxygens (including phenoxy) is 1. The van der Waals surface area contributed by atoms with Gasteiger partial charge in [0.15, 0.2) is 0 Å². The lowest BCUT2D eigenvalue weighted by molar-refractivity contribution is 0.414. The number of nitrogens with two attached hydrogens (primary N) is 1. The van der Waals surface area contributed by atoms with Crippen molar-refractivity contribution in [2.24, 2.45) is 0 Å². The van der Waals surface area contributed by atoms with E-state index in [1.165, 1.54) is 4.57 Å². The topological polar surface area (TPSA) is 95.3 Å². The molecule has 4 rings (SSSR count). The second-order valence-corrected chi connectivity index (χ2v) is 7.80. The molecule has 0 aliphatic rings. The summed E-state index contributed by atoms with van der Waals surface area (Å²) in [6.07, 6.45) is 3.06. The Morgan fingerprint density at radius 2 is 1.88 bits per heavy atom. The lowest BCUT2D eigenvalue weighted by Gasteiger charge is -2.11. The second kappa shape index (κ2) is 10.7. The van der Waals surface area contributed by atoms with E-state index in [0.29, 0.717) is 31.7 Å². The van der Waals surface area contributed by atoms with Gasteiger partial charge < -0.3 is 20.2 Å². The van der Waals surface area contributed by atoms with Crippen LogP contribution in [0.4, 0.5) is 5.95 Å². The van der Waals surface area contributed by atoms with E-state index in [1.54, 1.807) is 19.4 Å². The minimum atomic E-state index is -0.134. The van der Waals surface area contributed by atoms with Crippen LogP contribution in [-0.2, 0) is 25.9 Å². The number of nitrogens with zero attached hydrogens (tertiary/aromatic N) is 2. The van der Waals surface area contributed by atoms with E-state index < -0.39 is 0 Å². The first-order valence-electron chi connectivity index (χ1n) is 10.9. The summed E-state index contributed by atoms with van der Waals surface area (Å²) in [5.41, 5.74) is 9.96. The Kier molecular flexibility index (Phi) is 7.22. The van der Waals surface area contributed by atoms with Crippen LogP contribution in [0.1, 0.15) is 16.8 Å². The Morgan fingerprint density at radius 1 is 1.03 bits per heavy atom. The fraction of sp³-hybridized carbons (Fsp3) is 0.231. The van der Waals surface area contributed by atoms with Gasteiger partial charge in [-0.2, -0.15) is 0 Å². The molecule has 170 valence electrons. The van der Waals surface area contributed by atoms with Gasteiger partial charge in [-0.3, -0.25) is 9.36 Å². The number of furan rings is 1. The van der Waals surface area contributed by atoms with Crippen molar-refractivity contribution in [3.8, 4) is 17.1 Å². The molecular formula is C26H28N4O3. The molecule has 0 aliphatic heterocycles. The summed E-state index contributed by atoms with van der Waals surface area (Å²) < 4.78 is 12.2. The number of nitrogen functional groups attached to an aromatic ring is 1. The van der Waals surface area contributed by atoms with E-state index in [2.05, 4.69) is 22.4 Å². The molecule has 0 radical (unpaired) electrons. The summed E-state index contributed by atoms with van der Waals surface area (Å²) in [6.45, 7) is 1.73. The maximum atomic E-state index is 12.6. The van der Waals surface area contributed by atoms with Crippen LogP contribution in [0.25, 0.3) is 11.3 Å². The first kappa shape index (κ1) is 22.4. The zero-order valence-corrected chi connectivity index (χ0v) is 18.7. The van der Waals surface area contributed by atoms with Gasteiger partial charge in [0.2, 0.25) is 5.95 Å². The van der Waals surface area contributed by atoms with E-state index in [1.807, 2.05) is 48.5 Å². The van der Waals surface area contributed by atoms with Crippen molar-refractivity contribution in [1.29, 1.82) is 0 Å². The molecule has 4 aromatic rings. The monoisotopic (exact) mass is 444 g/mol. The number of benzene rings is 2. The molecule has 0 saturated heterocycles. The lowest BCUT2D eigenvalue weighted by atomic mass is 10.0. The predicted octanol–water partition coefficient (Wildman–Crippen LogP) is 3.67. The zero-order valence-electron chi connectivity index (χ0n) is 18.7. The summed E-state index contributed by atoms with van der Waals surface area (Å²) in [4.78, 5) is 17.1. The molecule has 0 fully saturated rings. The Morgan fingerprint density at radius 3 is 2.67 bits per heavy atom. The highest BCUT2D eigenvalue weighted by atomic mass is 16.5. The molecule has 7 nitrogen and oxygen atoms in total. The maximum Gasteiger partial charge on any atom is 0.255 e. The zero-order chi connectivity index (χ0) is 23.0. The van der Waals surface area contributed by atoms with Crippen molar-refractivity contribution < 1.29 is 9.15 Å². The maximum absolute atomic E-state index is 12.6. The summed E-state index contributed by atoms with van der Waals surface area (Å²) in [7, 11) is 1.65. The number of aryl methyl sites for hydroxylation is 2. The molecule has 3 N–H and O–H groups in total. The molecule has 2 aromatic carbocycles. The van der Waals surface area contributed by atoms with Crippen molar-refractivity contribution in [3.05, 3.63) is 100 Å². The van der Waals surface area contributed by atoms with E-state index in [0.717, 1.165) is 34.6 Å². The quantitative estimate of drug-likeness (QED) is 0.363. The van der Waals surface area contributed by atoms with Gasteiger partial charge in [-0.1, -0.05) is 30.3 Å². The fourth-order valence-electron chi connectivity index (χ4n) is 3.73. The summed E-state index contributed by atoms with van der Waals surface area (Å²) in [5, 5.41) is 3.33. The third kappa shape index (κ3) is 5.90. The number of hydrogen-bond acceptors (Lipinski definition) is 6. The number of anilines is 1. The van der Waals surface area contributed by atoms with Gasteiger partial charge in [-0.05, 0) is 54.3 Å². The van der Waals surface area contributed by atoms with Crippen LogP contribution in [0.5, 0.6) is 5.75 Å². The lowest BCUT2D eigenvalue weighted by Crippen LogP contribution is -2.29. The minimum Gasteiger partial charge on any atom is -0.497 e. The highest BCUT2D eigenvalue weighted by molar-refractivity contribution is 5.58. The molecule has 0 saturated carbocycles. The van der Waals surface area contributed by atoms with E-state index >= 15 is 0 Å². The highest BCUT2D eigenvalue weighted by Crippen LogP contribution is 2.21. The molecule has 7 heteroatoms. The number of aromatic nitrogens is 2. The van der Waals surface area contributed by atoms with Crippen molar-refractivity contribution in [2.45, 2.75) is 25.9 Å². The van der Waals surface area contributed by atoms with Crippen molar-refractivity contribution >= 4 is 5.95 Å². The summed E-state index contributed by atoms with van der Waals surface area (Å²) >= 11 is 0. The van der Waals surface area contributed by atoms with Gasteiger partial charge in [0.1, 0.15) is 11.5 Å². The second-order valence-electron chi connectivity index (χ2n) is 7.80. The molecule has 2 heterocycles. The summed E-state index contributed by atoms with van der Waals surface area (Å²) in [6, 6.07) is 21.4. The normalized spacial score (nSPS) is 10.9. The van der Waals surface area contributed by atoms with E-state index in [4.69, 9.17) is 14.9 Å². The standard InChI is InChI=1S/C26H28N4O3/c1-32-23-8-3-6-20(16-23)18-28-12-13-30-25(31)17-22(29-26(30)27)11-10-19-5-2-7-21(15-19)24-9-4-14-33-24/h2-9,14-17,28H,10-13,18H2,1H3,(H2,27,29).